The van der Waals surface area contributed by atoms with E-state index in [-0.39, 0.29) is 23.7 Å². The van der Waals surface area contributed by atoms with E-state index in [1.54, 1.807) is 0 Å². The molecule has 0 atom stereocenters. The van der Waals surface area contributed by atoms with Crippen molar-refractivity contribution < 1.29 is 0 Å². The van der Waals surface area contributed by atoms with E-state index in [4.69, 9.17) is 11.5 Å². The normalized spacial score (nSPS) is 6.00. The summed E-state index contributed by atoms with van der Waals surface area (Å²) in [6.45, 7) is 1.19. The quantitative estimate of drug-likeness (QED) is 0.469. The van der Waals surface area contributed by atoms with Crippen LogP contribution < -0.4 is 11.5 Å². The third-order valence-corrected chi connectivity index (χ3v) is 0.167. The molecule has 0 rings (SSSR count). The molecule has 0 saturated heterocycles. The predicted molar refractivity (Wildman–Crippen MR) is 26.7 cm³/mol. The molecule has 0 aromatic rings. The summed E-state index contributed by atoms with van der Waals surface area (Å²) in [6.07, 6.45) is 0. The van der Waals surface area contributed by atoms with E-state index in [1.165, 1.54) is 0 Å². The number of nitrogens with two attached hydrogens (primary N) is 2. The molecule has 4 N–H and O–H groups in total. The number of rotatable bonds is 1. The third kappa shape index (κ3) is 11.8. The Kier molecular flexibility index (Phi) is 16.2. The topological polar surface area (TPSA) is 52.0 Å². The Labute approximate surface area is 48.6 Å². The second-order valence-corrected chi connectivity index (χ2v) is 0.577. The van der Waals surface area contributed by atoms with Crippen molar-refractivity contribution >= 4 is 23.7 Å². The fourth-order valence-corrected chi connectivity index (χ4v) is 0. The van der Waals surface area contributed by atoms with Crippen LogP contribution in [0.3, 0.4) is 0 Å². The Morgan fingerprint density at radius 1 is 1.00 bits per heavy atom. The van der Waals surface area contributed by atoms with Crippen LogP contribution in [0.5, 0.6) is 0 Å². The van der Waals surface area contributed by atoms with E-state index in [2.05, 4.69) is 0 Å². The molecule has 0 aliphatic carbocycles. The standard InChI is InChI=1S/C2H8N2.H2Te/c3-1-2-4;/h1-4H2;1H2. The van der Waals surface area contributed by atoms with Crippen molar-refractivity contribution in [3.8, 4) is 0 Å². The van der Waals surface area contributed by atoms with Gasteiger partial charge in [-0.2, -0.15) is 0 Å². The summed E-state index contributed by atoms with van der Waals surface area (Å²) < 4.78 is 0. The van der Waals surface area contributed by atoms with Gasteiger partial charge in [-0.3, -0.25) is 0 Å². The van der Waals surface area contributed by atoms with Crippen LogP contribution in [0.1, 0.15) is 0 Å². The van der Waals surface area contributed by atoms with Crippen LogP contribution in [0.2, 0.25) is 0 Å². The van der Waals surface area contributed by atoms with Gasteiger partial charge in [0, 0.05) is 13.1 Å². The van der Waals surface area contributed by atoms with Crippen molar-refractivity contribution in [3.63, 3.8) is 0 Å². The molecule has 0 amide bonds. The molecule has 3 heteroatoms. The zero-order valence-corrected chi connectivity index (χ0v) is 5.92. The van der Waals surface area contributed by atoms with Crippen LogP contribution in [0.4, 0.5) is 0 Å². The van der Waals surface area contributed by atoms with E-state index < -0.39 is 0 Å². The molecule has 2 nitrogen and oxygen atoms in total. The Morgan fingerprint density at radius 2 is 1.20 bits per heavy atom. The van der Waals surface area contributed by atoms with Gasteiger partial charge in [0.05, 0.1) is 0 Å². The summed E-state index contributed by atoms with van der Waals surface area (Å²) in [7, 11) is 0. The number of hydrogen-bond donors (Lipinski definition) is 2. The van der Waals surface area contributed by atoms with Gasteiger partial charge in [0.25, 0.3) is 0 Å². The van der Waals surface area contributed by atoms with Gasteiger partial charge in [0.1, 0.15) is 0 Å². The maximum atomic E-state index is 4.90. The van der Waals surface area contributed by atoms with Gasteiger partial charge in [0.15, 0.2) is 0 Å². The summed E-state index contributed by atoms with van der Waals surface area (Å²) in [5.74, 6) is 0. The van der Waals surface area contributed by atoms with Crippen LogP contribution in [-0.2, 0) is 0 Å². The molecule has 0 aromatic heterocycles. The van der Waals surface area contributed by atoms with E-state index >= 15 is 0 Å². The Morgan fingerprint density at radius 3 is 1.20 bits per heavy atom. The molecule has 34 valence electrons. The molecule has 0 fully saturated rings. The van der Waals surface area contributed by atoms with E-state index in [0.717, 1.165) is 0 Å². The van der Waals surface area contributed by atoms with Crippen molar-refractivity contribution in [3.05, 3.63) is 0 Å². The van der Waals surface area contributed by atoms with Crippen molar-refractivity contribution in [2.75, 3.05) is 13.1 Å². The van der Waals surface area contributed by atoms with Crippen molar-refractivity contribution in [2.24, 2.45) is 11.5 Å². The molecule has 0 aromatic carbocycles. The molecule has 0 aliphatic heterocycles. The molecule has 0 bridgehead atoms. The monoisotopic (exact) mass is 192 g/mol. The molecule has 0 spiro atoms. The average molecular weight is 190 g/mol. The first-order chi connectivity index (χ1) is 1.91. The summed E-state index contributed by atoms with van der Waals surface area (Å²) in [5, 5.41) is 0. The zero-order valence-electron chi connectivity index (χ0n) is 3.07. The first kappa shape index (κ1) is 9.20. The van der Waals surface area contributed by atoms with Gasteiger partial charge in [-0.25, -0.2) is 0 Å². The van der Waals surface area contributed by atoms with Gasteiger partial charge in [-0.15, -0.1) is 0 Å². The van der Waals surface area contributed by atoms with Crippen LogP contribution in [0.25, 0.3) is 0 Å². The maximum absolute atomic E-state index is 4.90. The van der Waals surface area contributed by atoms with Gasteiger partial charge in [0.2, 0.25) is 0 Å². The Balaban J connectivity index is 0. The van der Waals surface area contributed by atoms with E-state index in [9.17, 15) is 0 Å². The van der Waals surface area contributed by atoms with Gasteiger partial charge < -0.3 is 11.5 Å². The first-order valence-corrected chi connectivity index (χ1v) is 1.32. The molecule has 0 aliphatic rings. The molecule has 5 heavy (non-hydrogen) atoms. The van der Waals surface area contributed by atoms with Crippen molar-refractivity contribution in [1.82, 2.24) is 0 Å². The predicted octanol–water partition coefficient (Wildman–Crippen LogP) is -2.01. The van der Waals surface area contributed by atoms with Crippen LogP contribution >= 0.6 is 0 Å². The van der Waals surface area contributed by atoms with Gasteiger partial charge >= 0.3 is 23.7 Å². The van der Waals surface area contributed by atoms with Crippen molar-refractivity contribution in [1.29, 1.82) is 0 Å². The second-order valence-electron chi connectivity index (χ2n) is 0.577. The zero-order chi connectivity index (χ0) is 3.41. The van der Waals surface area contributed by atoms with E-state index in [1.807, 2.05) is 0 Å². The number of hydrogen-bond acceptors (Lipinski definition) is 2. The van der Waals surface area contributed by atoms with Crippen LogP contribution in [0, 0.1) is 0 Å². The van der Waals surface area contributed by atoms with Crippen LogP contribution in [0.15, 0.2) is 0 Å². The summed E-state index contributed by atoms with van der Waals surface area (Å²) in [6, 6.07) is 0. The molecular formula is C2H10N2Te. The minimum atomic E-state index is 0. The third-order valence-electron chi connectivity index (χ3n) is 0.167. The Hall–Kier alpha value is 0.710. The van der Waals surface area contributed by atoms with E-state index in [0.29, 0.717) is 13.1 Å². The second kappa shape index (κ2) is 8.83. The molecule has 0 radical (unpaired) electrons. The minimum absolute atomic E-state index is 0. The van der Waals surface area contributed by atoms with Gasteiger partial charge in [-0.1, -0.05) is 0 Å². The summed E-state index contributed by atoms with van der Waals surface area (Å²) >= 11 is 0. The average Bonchev–Trinajstić information content (AvgIpc) is 1.37. The van der Waals surface area contributed by atoms with Gasteiger partial charge in [-0.05, 0) is 0 Å². The summed E-state index contributed by atoms with van der Waals surface area (Å²) in [5.41, 5.74) is 9.81. The molecule has 0 saturated carbocycles. The fraction of sp³-hybridized carbons (Fsp3) is 1.00. The Bertz CT molecular complexity index is 9.61. The molecule has 0 unspecified atom stereocenters. The fourth-order valence-electron chi connectivity index (χ4n) is 0. The summed E-state index contributed by atoms with van der Waals surface area (Å²) in [4.78, 5) is 0. The molecule has 0 heterocycles. The van der Waals surface area contributed by atoms with Crippen molar-refractivity contribution in [2.45, 2.75) is 0 Å². The SMILES string of the molecule is NCCN.[TeH2]. The van der Waals surface area contributed by atoms with Crippen LogP contribution in [-0.4, -0.2) is 36.8 Å². The first-order valence-electron chi connectivity index (χ1n) is 1.32. The molecular weight excluding hydrogens is 180 g/mol.